The van der Waals surface area contributed by atoms with E-state index in [1.54, 1.807) is 12.1 Å². The van der Waals surface area contributed by atoms with Crippen molar-refractivity contribution in [2.24, 2.45) is 11.8 Å². The summed E-state index contributed by atoms with van der Waals surface area (Å²) in [6.45, 7) is 6.62. The zero-order chi connectivity index (χ0) is 16.8. The first-order valence-corrected chi connectivity index (χ1v) is 9.19. The van der Waals surface area contributed by atoms with Crippen molar-refractivity contribution in [2.45, 2.75) is 72.1 Å². The quantitative estimate of drug-likeness (QED) is 0.511. The fourth-order valence-corrected chi connectivity index (χ4v) is 3.52. The van der Waals surface area contributed by atoms with Crippen LogP contribution in [0, 0.1) is 23.5 Å². The van der Waals surface area contributed by atoms with Crippen molar-refractivity contribution >= 4 is 5.57 Å². The van der Waals surface area contributed by atoms with Crippen molar-refractivity contribution in [3.8, 4) is 0 Å². The second-order valence-electron chi connectivity index (χ2n) is 7.30. The average molecular weight is 320 g/mol. The van der Waals surface area contributed by atoms with Crippen molar-refractivity contribution in [3.63, 3.8) is 0 Å². The van der Waals surface area contributed by atoms with Gasteiger partial charge in [-0.2, -0.15) is 0 Å². The van der Waals surface area contributed by atoms with Gasteiger partial charge in [-0.3, -0.25) is 0 Å². The Morgan fingerprint density at radius 3 is 2.61 bits per heavy atom. The Labute approximate surface area is 140 Å². The number of benzene rings is 1. The third kappa shape index (κ3) is 4.89. The maximum Gasteiger partial charge on any atom is 0.166 e. The SMILES string of the molecule is CCCC(C)CCCc1ccc(C2=CCC(C)CC2)c(F)c1F. The van der Waals surface area contributed by atoms with Gasteiger partial charge in [-0.05, 0) is 55.1 Å². The predicted octanol–water partition coefficient (Wildman–Crippen LogP) is 6.93. The fourth-order valence-electron chi connectivity index (χ4n) is 3.52. The zero-order valence-electron chi connectivity index (χ0n) is 14.8. The number of rotatable bonds is 7. The van der Waals surface area contributed by atoms with Gasteiger partial charge in [0.1, 0.15) is 0 Å². The molecule has 0 saturated carbocycles. The Bertz CT molecular complexity index is 545. The molecule has 1 aliphatic rings. The van der Waals surface area contributed by atoms with Gasteiger partial charge < -0.3 is 0 Å². The van der Waals surface area contributed by atoms with Crippen LogP contribution in [0.3, 0.4) is 0 Å². The van der Waals surface area contributed by atoms with Crippen LogP contribution in [-0.2, 0) is 6.42 Å². The zero-order valence-corrected chi connectivity index (χ0v) is 14.8. The third-order valence-electron chi connectivity index (χ3n) is 5.11. The van der Waals surface area contributed by atoms with E-state index in [-0.39, 0.29) is 0 Å². The minimum atomic E-state index is -0.648. The van der Waals surface area contributed by atoms with Crippen LogP contribution in [0.4, 0.5) is 8.78 Å². The molecule has 2 heteroatoms. The van der Waals surface area contributed by atoms with Crippen LogP contribution in [0.15, 0.2) is 18.2 Å². The second-order valence-corrected chi connectivity index (χ2v) is 7.30. The summed E-state index contributed by atoms with van der Waals surface area (Å²) in [5.41, 5.74) is 1.97. The molecule has 0 aromatic heterocycles. The van der Waals surface area contributed by atoms with Crippen LogP contribution < -0.4 is 0 Å². The highest BCUT2D eigenvalue weighted by atomic mass is 19.2. The van der Waals surface area contributed by atoms with Crippen molar-refractivity contribution in [3.05, 3.63) is 41.0 Å². The van der Waals surface area contributed by atoms with Gasteiger partial charge in [0.25, 0.3) is 0 Å². The van der Waals surface area contributed by atoms with E-state index in [1.807, 2.05) is 0 Å². The van der Waals surface area contributed by atoms with Gasteiger partial charge >= 0.3 is 0 Å². The van der Waals surface area contributed by atoms with Gasteiger partial charge in [0, 0.05) is 5.56 Å². The lowest BCUT2D eigenvalue weighted by molar-refractivity contribution is 0.459. The molecule has 2 atom stereocenters. The molecule has 0 saturated heterocycles. The molecule has 1 aromatic rings. The van der Waals surface area contributed by atoms with E-state index in [0.29, 0.717) is 29.4 Å². The molecule has 1 aliphatic carbocycles. The molecule has 0 amide bonds. The van der Waals surface area contributed by atoms with Gasteiger partial charge in [-0.1, -0.05) is 58.2 Å². The van der Waals surface area contributed by atoms with Crippen molar-refractivity contribution in [2.75, 3.05) is 0 Å². The Morgan fingerprint density at radius 2 is 1.96 bits per heavy atom. The number of aryl methyl sites for hydroxylation is 1. The first-order valence-electron chi connectivity index (χ1n) is 9.19. The predicted molar refractivity (Wildman–Crippen MR) is 94.4 cm³/mol. The highest BCUT2D eigenvalue weighted by Crippen LogP contribution is 2.32. The topological polar surface area (TPSA) is 0 Å². The van der Waals surface area contributed by atoms with E-state index in [0.717, 1.165) is 37.7 Å². The fraction of sp³-hybridized carbons (Fsp3) is 0.619. The average Bonchev–Trinajstić information content (AvgIpc) is 2.53. The molecule has 128 valence electrons. The molecule has 1 aromatic carbocycles. The van der Waals surface area contributed by atoms with E-state index >= 15 is 0 Å². The minimum Gasteiger partial charge on any atom is -0.203 e. The Hall–Kier alpha value is -1.18. The molecular weight excluding hydrogens is 290 g/mol. The molecule has 0 aliphatic heterocycles. The molecule has 0 N–H and O–H groups in total. The van der Waals surface area contributed by atoms with E-state index < -0.39 is 11.6 Å². The van der Waals surface area contributed by atoms with Crippen molar-refractivity contribution < 1.29 is 8.78 Å². The highest BCUT2D eigenvalue weighted by molar-refractivity contribution is 5.67. The summed E-state index contributed by atoms with van der Waals surface area (Å²) < 4.78 is 28.8. The Kier molecular flexibility index (Phi) is 6.80. The summed E-state index contributed by atoms with van der Waals surface area (Å²) in [5.74, 6) is 0.0349. The smallest absolute Gasteiger partial charge is 0.166 e. The van der Waals surface area contributed by atoms with Gasteiger partial charge in [-0.15, -0.1) is 0 Å². The van der Waals surface area contributed by atoms with Crippen LogP contribution in [0.25, 0.3) is 5.57 Å². The van der Waals surface area contributed by atoms with E-state index in [1.165, 1.54) is 12.8 Å². The monoisotopic (exact) mass is 320 g/mol. The van der Waals surface area contributed by atoms with Crippen molar-refractivity contribution in [1.29, 1.82) is 0 Å². The first-order chi connectivity index (χ1) is 11.0. The van der Waals surface area contributed by atoms with Gasteiger partial charge in [0.05, 0.1) is 0 Å². The summed E-state index contributed by atoms with van der Waals surface area (Å²) in [6.07, 6.45) is 10.00. The maximum atomic E-state index is 14.4. The molecule has 0 bridgehead atoms. The summed E-state index contributed by atoms with van der Waals surface area (Å²) in [7, 11) is 0. The van der Waals surface area contributed by atoms with Gasteiger partial charge in [0.15, 0.2) is 11.6 Å². The van der Waals surface area contributed by atoms with E-state index in [9.17, 15) is 8.78 Å². The number of hydrogen-bond acceptors (Lipinski definition) is 0. The lowest BCUT2D eigenvalue weighted by Crippen LogP contribution is -2.05. The second kappa shape index (κ2) is 8.61. The van der Waals surface area contributed by atoms with Crippen molar-refractivity contribution in [1.82, 2.24) is 0 Å². The van der Waals surface area contributed by atoms with Crippen LogP contribution in [0.2, 0.25) is 0 Å². The number of allylic oxidation sites excluding steroid dienone is 2. The number of halogens is 2. The van der Waals surface area contributed by atoms with Gasteiger partial charge in [0.2, 0.25) is 0 Å². The van der Waals surface area contributed by atoms with Crippen LogP contribution in [0.5, 0.6) is 0 Å². The molecule has 0 heterocycles. The lowest BCUT2D eigenvalue weighted by Gasteiger charge is -2.19. The standard InChI is InChI=1S/C21H30F2/c1-4-6-15(2)7-5-8-18-13-14-19(21(23)20(18)22)17-11-9-16(3)10-12-17/h11,13-16H,4-10,12H2,1-3H3. The third-order valence-corrected chi connectivity index (χ3v) is 5.11. The maximum absolute atomic E-state index is 14.4. The summed E-state index contributed by atoms with van der Waals surface area (Å²) in [4.78, 5) is 0. The molecular formula is C21H30F2. The molecule has 0 fully saturated rings. The Morgan fingerprint density at radius 1 is 1.17 bits per heavy atom. The molecule has 2 rings (SSSR count). The Balaban J connectivity index is 2.03. The van der Waals surface area contributed by atoms with Gasteiger partial charge in [-0.25, -0.2) is 8.78 Å². The lowest BCUT2D eigenvalue weighted by atomic mass is 9.87. The summed E-state index contributed by atoms with van der Waals surface area (Å²) >= 11 is 0. The molecule has 2 unspecified atom stereocenters. The normalized spacial score (nSPS) is 19.5. The van der Waals surface area contributed by atoms with E-state index in [4.69, 9.17) is 0 Å². The number of hydrogen-bond donors (Lipinski definition) is 0. The summed E-state index contributed by atoms with van der Waals surface area (Å²) in [6, 6.07) is 3.57. The van der Waals surface area contributed by atoms with Crippen LogP contribution in [-0.4, -0.2) is 0 Å². The molecule has 0 spiro atoms. The summed E-state index contributed by atoms with van der Waals surface area (Å²) in [5, 5.41) is 0. The minimum absolute atomic E-state index is 0.470. The molecule has 23 heavy (non-hydrogen) atoms. The molecule has 0 radical (unpaired) electrons. The van der Waals surface area contributed by atoms with Crippen LogP contribution >= 0.6 is 0 Å². The molecule has 0 nitrogen and oxygen atoms in total. The van der Waals surface area contributed by atoms with Crippen LogP contribution in [0.1, 0.15) is 76.8 Å². The first kappa shape index (κ1) is 18.2. The van der Waals surface area contributed by atoms with E-state index in [2.05, 4.69) is 26.8 Å². The largest absolute Gasteiger partial charge is 0.203 e. The highest BCUT2D eigenvalue weighted by Gasteiger charge is 2.19.